The van der Waals surface area contributed by atoms with Crippen LogP contribution in [-0.4, -0.2) is 29.0 Å². The highest BCUT2D eigenvalue weighted by atomic mass is 32.2. The van der Waals surface area contributed by atoms with Crippen molar-refractivity contribution in [3.8, 4) is 11.5 Å². The molecule has 1 aromatic carbocycles. The topological polar surface area (TPSA) is 53.4 Å². The minimum absolute atomic E-state index is 0.190. The Balaban J connectivity index is 1.38. The summed E-state index contributed by atoms with van der Waals surface area (Å²) in [5.74, 6) is 2.39. The maximum Gasteiger partial charge on any atom is 0.263 e. The van der Waals surface area contributed by atoms with Gasteiger partial charge in [-0.15, -0.1) is 11.3 Å². The van der Waals surface area contributed by atoms with E-state index in [-0.39, 0.29) is 11.6 Å². The Morgan fingerprint density at radius 1 is 1.10 bits per heavy atom. The zero-order chi connectivity index (χ0) is 21.2. The number of ether oxygens (including phenoxy) is 2. The number of aryl methyl sites for hydroxylation is 2. The van der Waals surface area contributed by atoms with Gasteiger partial charge in [-0.25, -0.2) is 4.98 Å². The smallest absolute Gasteiger partial charge is 0.263 e. The molecule has 2 aliphatic carbocycles. The lowest BCUT2D eigenvalue weighted by molar-refractivity contribution is 0.342. The number of thiophene rings is 1. The lowest BCUT2D eigenvalue weighted by Gasteiger charge is -2.18. The van der Waals surface area contributed by atoms with E-state index in [0.717, 1.165) is 58.3 Å². The monoisotopic (exact) mass is 456 g/mol. The summed E-state index contributed by atoms with van der Waals surface area (Å²) < 4.78 is 13.1. The number of thioether (sulfide) groups is 1. The Morgan fingerprint density at radius 3 is 2.61 bits per heavy atom. The standard InChI is InChI=1S/C24H28N2O3S2/c1-28-17-10-12-18(13-11-17)29-14-15-30-24-25-22-21(19-8-4-5-9-20(19)31-22)23(27)26(24)16-6-2-3-7-16/h10-13,16H,2-9,14-15H2,1H3. The summed E-state index contributed by atoms with van der Waals surface area (Å²) in [6, 6.07) is 7.91. The third-order valence-corrected chi connectivity index (χ3v) is 8.42. The highest BCUT2D eigenvalue weighted by molar-refractivity contribution is 7.99. The molecule has 0 radical (unpaired) electrons. The van der Waals surface area contributed by atoms with Crippen molar-refractivity contribution in [2.75, 3.05) is 19.5 Å². The van der Waals surface area contributed by atoms with Gasteiger partial charge in [0, 0.05) is 16.7 Å². The Bertz CT molecular complexity index is 1110. The number of nitrogens with zero attached hydrogens (tertiary/aromatic N) is 2. The summed E-state index contributed by atoms with van der Waals surface area (Å²) in [5, 5.41) is 1.77. The summed E-state index contributed by atoms with van der Waals surface area (Å²) in [6.07, 6.45) is 9.08. The predicted molar refractivity (Wildman–Crippen MR) is 127 cm³/mol. The molecular formula is C24H28N2O3S2. The molecule has 2 heterocycles. The summed E-state index contributed by atoms with van der Waals surface area (Å²) in [6.45, 7) is 0.566. The second kappa shape index (κ2) is 9.25. The Hall–Kier alpha value is -1.99. The van der Waals surface area contributed by atoms with E-state index in [2.05, 4.69) is 0 Å². The molecule has 0 N–H and O–H groups in total. The summed E-state index contributed by atoms with van der Waals surface area (Å²) in [5.41, 5.74) is 1.48. The first-order valence-corrected chi connectivity index (χ1v) is 13.0. The van der Waals surface area contributed by atoms with E-state index in [1.54, 1.807) is 30.2 Å². The van der Waals surface area contributed by atoms with Gasteiger partial charge in [-0.2, -0.15) is 0 Å². The van der Waals surface area contributed by atoms with Gasteiger partial charge in [0.2, 0.25) is 0 Å². The summed E-state index contributed by atoms with van der Waals surface area (Å²) >= 11 is 3.38. The molecule has 0 saturated heterocycles. The zero-order valence-electron chi connectivity index (χ0n) is 17.9. The Kier molecular flexibility index (Phi) is 6.23. The quantitative estimate of drug-likeness (QED) is 0.262. The molecule has 0 unspecified atom stereocenters. The van der Waals surface area contributed by atoms with Gasteiger partial charge in [-0.05, 0) is 68.4 Å². The minimum Gasteiger partial charge on any atom is -0.497 e. The van der Waals surface area contributed by atoms with Crippen molar-refractivity contribution < 1.29 is 9.47 Å². The van der Waals surface area contributed by atoms with Crippen molar-refractivity contribution in [2.45, 2.75) is 62.6 Å². The number of aromatic nitrogens is 2. The number of hydrogen-bond acceptors (Lipinski definition) is 6. The van der Waals surface area contributed by atoms with Crippen molar-refractivity contribution >= 4 is 33.3 Å². The minimum atomic E-state index is 0.190. The molecule has 0 spiro atoms. The fourth-order valence-electron chi connectivity index (χ4n) is 4.75. The molecule has 5 nitrogen and oxygen atoms in total. The van der Waals surface area contributed by atoms with E-state index in [4.69, 9.17) is 14.5 Å². The molecule has 31 heavy (non-hydrogen) atoms. The van der Waals surface area contributed by atoms with Gasteiger partial charge in [0.15, 0.2) is 5.16 Å². The van der Waals surface area contributed by atoms with Crippen LogP contribution in [0.25, 0.3) is 10.2 Å². The van der Waals surface area contributed by atoms with Crippen LogP contribution in [0.2, 0.25) is 0 Å². The molecule has 0 bridgehead atoms. The van der Waals surface area contributed by atoms with E-state index in [1.165, 1.54) is 36.1 Å². The molecule has 2 aliphatic rings. The molecular weight excluding hydrogens is 428 g/mol. The van der Waals surface area contributed by atoms with Gasteiger partial charge in [0.05, 0.1) is 19.1 Å². The molecule has 2 aromatic heterocycles. The largest absolute Gasteiger partial charge is 0.497 e. The normalized spacial score (nSPS) is 16.5. The third kappa shape index (κ3) is 4.22. The average molecular weight is 457 g/mol. The third-order valence-electron chi connectivity index (χ3n) is 6.32. The van der Waals surface area contributed by atoms with Crippen LogP contribution in [0.15, 0.2) is 34.2 Å². The second-order valence-electron chi connectivity index (χ2n) is 8.27. The molecule has 0 aliphatic heterocycles. The maximum absolute atomic E-state index is 13.7. The van der Waals surface area contributed by atoms with Crippen LogP contribution in [0.1, 0.15) is 55.0 Å². The first kappa shape index (κ1) is 20.9. The lowest BCUT2D eigenvalue weighted by atomic mass is 9.97. The number of rotatable bonds is 7. The van der Waals surface area contributed by atoms with Crippen LogP contribution in [0.4, 0.5) is 0 Å². The van der Waals surface area contributed by atoms with Gasteiger partial charge < -0.3 is 9.47 Å². The molecule has 7 heteroatoms. The lowest BCUT2D eigenvalue weighted by Crippen LogP contribution is -2.27. The summed E-state index contributed by atoms with van der Waals surface area (Å²) in [4.78, 5) is 21.0. The van der Waals surface area contributed by atoms with Gasteiger partial charge >= 0.3 is 0 Å². The van der Waals surface area contributed by atoms with Crippen molar-refractivity contribution in [3.63, 3.8) is 0 Å². The maximum atomic E-state index is 13.7. The molecule has 5 rings (SSSR count). The number of benzene rings is 1. The molecule has 0 amide bonds. The number of fused-ring (bicyclic) bond motifs is 3. The van der Waals surface area contributed by atoms with Gasteiger partial charge in [-0.3, -0.25) is 9.36 Å². The number of hydrogen-bond donors (Lipinski definition) is 0. The average Bonchev–Trinajstić information content (AvgIpc) is 3.45. The van der Waals surface area contributed by atoms with Crippen LogP contribution in [-0.2, 0) is 12.8 Å². The van der Waals surface area contributed by atoms with Crippen LogP contribution >= 0.6 is 23.1 Å². The van der Waals surface area contributed by atoms with Crippen molar-refractivity contribution in [2.24, 2.45) is 0 Å². The predicted octanol–water partition coefficient (Wildman–Crippen LogP) is 5.63. The van der Waals surface area contributed by atoms with Crippen molar-refractivity contribution in [3.05, 3.63) is 45.1 Å². The highest BCUT2D eigenvalue weighted by Crippen LogP contribution is 2.37. The number of methoxy groups -OCH3 is 1. The second-order valence-corrected chi connectivity index (χ2v) is 10.4. The van der Waals surface area contributed by atoms with Gasteiger partial charge in [0.25, 0.3) is 5.56 Å². The SMILES string of the molecule is COc1ccc(OCCSc2nc3sc4c(c3c(=O)n2C2CCCC2)CCCC4)cc1. The van der Waals surface area contributed by atoms with Crippen molar-refractivity contribution in [1.29, 1.82) is 0 Å². The first-order valence-electron chi connectivity index (χ1n) is 11.2. The Morgan fingerprint density at radius 2 is 1.84 bits per heavy atom. The molecule has 3 aromatic rings. The summed E-state index contributed by atoms with van der Waals surface area (Å²) in [7, 11) is 1.66. The molecule has 0 atom stereocenters. The van der Waals surface area contributed by atoms with E-state index >= 15 is 0 Å². The van der Waals surface area contributed by atoms with E-state index in [0.29, 0.717) is 6.61 Å². The van der Waals surface area contributed by atoms with E-state index in [9.17, 15) is 4.79 Å². The van der Waals surface area contributed by atoms with Crippen molar-refractivity contribution in [1.82, 2.24) is 9.55 Å². The molecule has 1 fully saturated rings. The molecule has 164 valence electrons. The molecule has 1 saturated carbocycles. The van der Waals surface area contributed by atoms with Gasteiger partial charge in [0.1, 0.15) is 16.3 Å². The first-order chi connectivity index (χ1) is 15.2. The highest BCUT2D eigenvalue weighted by Gasteiger charge is 2.26. The van der Waals surface area contributed by atoms with Crippen LogP contribution in [0, 0.1) is 0 Å². The van der Waals surface area contributed by atoms with Gasteiger partial charge in [-0.1, -0.05) is 24.6 Å². The van der Waals surface area contributed by atoms with E-state index < -0.39 is 0 Å². The zero-order valence-corrected chi connectivity index (χ0v) is 19.5. The van der Waals surface area contributed by atoms with Crippen LogP contribution in [0.3, 0.4) is 0 Å². The Labute approximate surface area is 190 Å². The van der Waals surface area contributed by atoms with Crippen LogP contribution < -0.4 is 15.0 Å². The fourth-order valence-corrected chi connectivity index (χ4v) is 6.94. The van der Waals surface area contributed by atoms with E-state index in [1.807, 2.05) is 28.8 Å². The van der Waals surface area contributed by atoms with Crippen LogP contribution in [0.5, 0.6) is 11.5 Å². The fraction of sp³-hybridized carbons (Fsp3) is 0.500.